The molecule has 2 aliphatic heterocycles. The van der Waals surface area contributed by atoms with Crippen molar-refractivity contribution in [3.05, 3.63) is 0 Å². The molecule has 1 aliphatic carbocycles. The first-order valence-electron chi connectivity index (χ1n) is 7.39. The predicted molar refractivity (Wildman–Crippen MR) is 75.0 cm³/mol. The molecule has 0 aromatic rings. The van der Waals surface area contributed by atoms with E-state index in [1.165, 1.54) is 30.8 Å². The number of hydrogen-bond donors (Lipinski definition) is 2. The van der Waals surface area contributed by atoms with Gasteiger partial charge in [-0.1, -0.05) is 0 Å². The quantitative estimate of drug-likeness (QED) is 0.821. The normalized spacial score (nSPS) is 44.8. The van der Waals surface area contributed by atoms with Gasteiger partial charge in [0, 0.05) is 18.4 Å². The maximum absolute atomic E-state index is 9.55. The summed E-state index contributed by atoms with van der Waals surface area (Å²) < 4.78 is 6.04. The van der Waals surface area contributed by atoms with Crippen molar-refractivity contribution in [2.75, 3.05) is 24.7 Å². The lowest BCUT2D eigenvalue weighted by atomic mass is 9.89. The van der Waals surface area contributed by atoms with E-state index < -0.39 is 0 Å². The molecular formula is C14H25NO2S. The van der Waals surface area contributed by atoms with Gasteiger partial charge in [0.05, 0.1) is 11.7 Å². The van der Waals surface area contributed by atoms with Crippen molar-refractivity contribution < 1.29 is 9.84 Å². The minimum atomic E-state index is -0.0379. The monoisotopic (exact) mass is 271 g/mol. The van der Waals surface area contributed by atoms with Crippen LogP contribution in [0.4, 0.5) is 0 Å². The molecule has 2 N–H and O–H groups in total. The summed E-state index contributed by atoms with van der Waals surface area (Å²) in [5, 5.41) is 13.3. The highest BCUT2D eigenvalue weighted by molar-refractivity contribution is 7.99. The van der Waals surface area contributed by atoms with Gasteiger partial charge in [0.1, 0.15) is 0 Å². The summed E-state index contributed by atoms with van der Waals surface area (Å²) in [6.45, 7) is 2.01. The third-order valence-electron chi connectivity index (χ3n) is 4.77. The summed E-state index contributed by atoms with van der Waals surface area (Å²) >= 11 is 2.04. The highest BCUT2D eigenvalue weighted by atomic mass is 32.2. The lowest BCUT2D eigenvalue weighted by molar-refractivity contribution is -0.0704. The van der Waals surface area contributed by atoms with Crippen LogP contribution >= 0.6 is 11.8 Å². The average molecular weight is 271 g/mol. The minimum absolute atomic E-state index is 0.0379. The summed E-state index contributed by atoms with van der Waals surface area (Å²) in [6, 6.07) is 0.634. The fraction of sp³-hybridized carbons (Fsp3) is 1.00. The second kappa shape index (κ2) is 5.70. The third kappa shape index (κ3) is 3.03. The number of rotatable bonds is 3. The highest BCUT2D eigenvalue weighted by Gasteiger charge is 2.40. The Labute approximate surface area is 114 Å². The van der Waals surface area contributed by atoms with Gasteiger partial charge in [-0.3, -0.25) is 0 Å². The van der Waals surface area contributed by atoms with E-state index in [-0.39, 0.29) is 11.7 Å². The van der Waals surface area contributed by atoms with Crippen LogP contribution in [-0.4, -0.2) is 47.5 Å². The predicted octanol–water partition coefficient (Wildman–Crippen LogP) is 1.79. The number of thioether (sulfide) groups is 1. The molecule has 4 heteroatoms. The summed E-state index contributed by atoms with van der Waals surface area (Å²) in [6.07, 6.45) is 6.73. The Balaban J connectivity index is 1.45. The summed E-state index contributed by atoms with van der Waals surface area (Å²) in [4.78, 5) is 0. The molecule has 1 spiro atoms. The SMILES string of the molecule is OC1CCC(CNC2CCOC3(CCSC3)C2)C1. The van der Waals surface area contributed by atoms with E-state index in [2.05, 4.69) is 5.32 Å². The number of aliphatic hydroxyl groups excluding tert-OH is 1. The van der Waals surface area contributed by atoms with Gasteiger partial charge in [-0.25, -0.2) is 0 Å². The fourth-order valence-corrected chi connectivity index (χ4v) is 5.01. The lowest BCUT2D eigenvalue weighted by Gasteiger charge is -2.38. The topological polar surface area (TPSA) is 41.5 Å². The summed E-state index contributed by atoms with van der Waals surface area (Å²) in [5.74, 6) is 3.14. The van der Waals surface area contributed by atoms with Gasteiger partial charge >= 0.3 is 0 Å². The average Bonchev–Trinajstić information content (AvgIpc) is 2.97. The molecule has 0 amide bonds. The molecular weight excluding hydrogens is 246 g/mol. The molecule has 2 saturated heterocycles. The van der Waals surface area contributed by atoms with E-state index in [0.717, 1.165) is 32.4 Å². The van der Waals surface area contributed by atoms with Crippen LogP contribution in [0.15, 0.2) is 0 Å². The van der Waals surface area contributed by atoms with Gasteiger partial charge in [-0.2, -0.15) is 11.8 Å². The van der Waals surface area contributed by atoms with Crippen LogP contribution in [0.2, 0.25) is 0 Å². The van der Waals surface area contributed by atoms with Crippen LogP contribution in [0.1, 0.15) is 38.5 Å². The molecule has 104 valence electrons. The highest BCUT2D eigenvalue weighted by Crippen LogP contribution is 2.38. The summed E-state index contributed by atoms with van der Waals surface area (Å²) in [7, 11) is 0. The van der Waals surface area contributed by atoms with Crippen molar-refractivity contribution >= 4 is 11.8 Å². The smallest absolute Gasteiger partial charge is 0.0795 e. The zero-order valence-electron chi connectivity index (χ0n) is 11.1. The number of ether oxygens (including phenoxy) is 1. The van der Waals surface area contributed by atoms with Crippen LogP contribution in [0.3, 0.4) is 0 Å². The van der Waals surface area contributed by atoms with E-state index in [1.807, 2.05) is 11.8 Å². The second-order valence-corrected chi connectivity index (χ2v) is 7.37. The van der Waals surface area contributed by atoms with Gasteiger partial charge in [-0.05, 0) is 56.7 Å². The number of hydrogen-bond acceptors (Lipinski definition) is 4. The second-order valence-electron chi connectivity index (χ2n) is 6.26. The van der Waals surface area contributed by atoms with Crippen LogP contribution in [0, 0.1) is 5.92 Å². The summed E-state index contributed by atoms with van der Waals surface area (Å²) in [5.41, 5.74) is 0.190. The molecule has 3 rings (SSSR count). The molecule has 0 aromatic heterocycles. The first kappa shape index (κ1) is 13.2. The van der Waals surface area contributed by atoms with Crippen molar-refractivity contribution in [2.45, 2.75) is 56.3 Å². The van der Waals surface area contributed by atoms with Crippen molar-refractivity contribution in [1.82, 2.24) is 5.32 Å². The van der Waals surface area contributed by atoms with Gasteiger partial charge in [0.2, 0.25) is 0 Å². The number of aliphatic hydroxyl groups is 1. The largest absolute Gasteiger partial charge is 0.393 e. The van der Waals surface area contributed by atoms with Gasteiger partial charge < -0.3 is 15.2 Å². The maximum Gasteiger partial charge on any atom is 0.0795 e. The van der Waals surface area contributed by atoms with Crippen molar-refractivity contribution in [3.63, 3.8) is 0 Å². The molecule has 3 fully saturated rings. The zero-order chi connectivity index (χ0) is 12.4. The van der Waals surface area contributed by atoms with E-state index in [4.69, 9.17) is 4.74 Å². The molecule has 3 nitrogen and oxygen atoms in total. The van der Waals surface area contributed by atoms with E-state index >= 15 is 0 Å². The Kier molecular flexibility index (Phi) is 4.18. The molecule has 2 heterocycles. The van der Waals surface area contributed by atoms with Gasteiger partial charge in [0.25, 0.3) is 0 Å². The van der Waals surface area contributed by atoms with Gasteiger partial charge in [0.15, 0.2) is 0 Å². The Morgan fingerprint density at radius 2 is 2.28 bits per heavy atom. The molecule has 0 bridgehead atoms. The Hall–Kier alpha value is 0.230. The van der Waals surface area contributed by atoms with E-state index in [9.17, 15) is 5.11 Å². The van der Waals surface area contributed by atoms with Crippen molar-refractivity contribution in [2.24, 2.45) is 5.92 Å². The van der Waals surface area contributed by atoms with Crippen LogP contribution in [0.5, 0.6) is 0 Å². The zero-order valence-corrected chi connectivity index (χ0v) is 11.9. The van der Waals surface area contributed by atoms with Crippen LogP contribution in [0.25, 0.3) is 0 Å². The third-order valence-corrected chi connectivity index (χ3v) is 5.99. The molecule has 1 saturated carbocycles. The maximum atomic E-state index is 9.55. The molecule has 3 aliphatic rings. The Morgan fingerprint density at radius 3 is 3.00 bits per heavy atom. The molecule has 4 atom stereocenters. The van der Waals surface area contributed by atoms with Crippen molar-refractivity contribution in [1.29, 1.82) is 0 Å². The Bertz CT molecular complexity index is 281. The first-order chi connectivity index (χ1) is 8.76. The van der Waals surface area contributed by atoms with E-state index in [0.29, 0.717) is 12.0 Å². The van der Waals surface area contributed by atoms with E-state index in [1.54, 1.807) is 0 Å². The number of nitrogens with one attached hydrogen (secondary N) is 1. The molecule has 18 heavy (non-hydrogen) atoms. The minimum Gasteiger partial charge on any atom is -0.393 e. The first-order valence-corrected chi connectivity index (χ1v) is 8.54. The standard InChI is InChI=1S/C14H25NO2S/c16-13-2-1-11(7-13)9-15-12-3-5-17-14(8-12)4-6-18-10-14/h11-13,15-16H,1-10H2. The van der Waals surface area contributed by atoms with Gasteiger partial charge in [-0.15, -0.1) is 0 Å². The fourth-order valence-electron chi connectivity index (χ4n) is 3.63. The molecule has 4 unspecified atom stereocenters. The Morgan fingerprint density at radius 1 is 1.33 bits per heavy atom. The van der Waals surface area contributed by atoms with Crippen molar-refractivity contribution in [3.8, 4) is 0 Å². The van der Waals surface area contributed by atoms with Crippen LogP contribution < -0.4 is 5.32 Å². The van der Waals surface area contributed by atoms with Crippen LogP contribution in [-0.2, 0) is 4.74 Å². The molecule has 0 radical (unpaired) electrons. The lowest BCUT2D eigenvalue weighted by Crippen LogP contribution is -2.48. The molecule has 0 aromatic carbocycles.